The lowest BCUT2D eigenvalue weighted by atomic mass is 10.1. The molecule has 0 saturated heterocycles. The molecule has 4 rings (SSSR count). The first kappa shape index (κ1) is 29.7. The molecule has 4 aromatic rings. The first-order chi connectivity index (χ1) is 20.2. The molecule has 220 valence electrons. The number of primary amides is 1. The van der Waals surface area contributed by atoms with Gasteiger partial charge in [-0.25, -0.2) is 9.97 Å². The molecule has 2 amide bonds. The number of hydrogen-bond acceptors (Lipinski definition) is 10. The van der Waals surface area contributed by atoms with Crippen molar-refractivity contribution in [3.05, 3.63) is 75.7 Å². The van der Waals surface area contributed by atoms with E-state index in [1.165, 1.54) is 13.2 Å². The van der Waals surface area contributed by atoms with E-state index in [1.807, 2.05) is 13.8 Å². The number of carbonyl (C=O) groups is 2. The Kier molecular flexibility index (Phi) is 9.44. The van der Waals surface area contributed by atoms with E-state index in [-0.39, 0.29) is 54.9 Å². The average molecular weight is 578 g/mol. The van der Waals surface area contributed by atoms with E-state index in [9.17, 15) is 19.7 Å². The first-order valence-electron chi connectivity index (χ1n) is 13.0. The highest BCUT2D eigenvalue weighted by atomic mass is 16.6. The number of fused-ring (bicyclic) bond motifs is 1. The van der Waals surface area contributed by atoms with Crippen molar-refractivity contribution in [2.45, 2.75) is 26.9 Å². The van der Waals surface area contributed by atoms with Crippen LogP contribution in [0, 0.1) is 17.0 Å². The second-order valence-electron chi connectivity index (χ2n) is 9.02. The molecule has 15 heteroatoms. The molecule has 0 aliphatic rings. The zero-order chi connectivity index (χ0) is 30.2. The van der Waals surface area contributed by atoms with Gasteiger partial charge in [-0.05, 0) is 38.1 Å². The summed E-state index contributed by atoms with van der Waals surface area (Å²) >= 11 is 0. The topological polar surface area (TPSA) is 194 Å². The Morgan fingerprint density at radius 1 is 1.21 bits per heavy atom. The fourth-order valence-corrected chi connectivity index (χ4v) is 4.20. The third-order valence-electron chi connectivity index (χ3n) is 6.12. The van der Waals surface area contributed by atoms with Gasteiger partial charge in [-0.3, -0.25) is 34.3 Å². The zero-order valence-electron chi connectivity index (χ0n) is 23.4. The molecule has 0 aliphatic carbocycles. The Morgan fingerprint density at radius 2 is 2.02 bits per heavy atom. The van der Waals surface area contributed by atoms with Crippen LogP contribution >= 0.6 is 0 Å². The van der Waals surface area contributed by atoms with E-state index in [4.69, 9.17) is 15.2 Å². The van der Waals surface area contributed by atoms with Crippen molar-refractivity contribution >= 4 is 40.3 Å². The molecule has 0 bridgehead atoms. The van der Waals surface area contributed by atoms with E-state index < -0.39 is 10.8 Å². The number of methoxy groups -OCH3 is 1. The van der Waals surface area contributed by atoms with E-state index >= 15 is 0 Å². The van der Waals surface area contributed by atoms with Crippen LogP contribution in [0.1, 0.15) is 33.5 Å². The van der Waals surface area contributed by atoms with E-state index in [0.717, 1.165) is 11.8 Å². The summed E-state index contributed by atoms with van der Waals surface area (Å²) in [6.07, 6.45) is 5.18. The highest BCUT2D eigenvalue weighted by Crippen LogP contribution is 2.36. The quantitative estimate of drug-likeness (QED) is 0.0868. The molecule has 0 fully saturated rings. The number of allylic oxidation sites excluding steroid dienone is 1. The minimum absolute atomic E-state index is 0.0542. The number of nitro groups is 1. The van der Waals surface area contributed by atoms with Crippen LogP contribution in [-0.2, 0) is 17.8 Å². The van der Waals surface area contributed by atoms with Gasteiger partial charge in [-0.15, -0.1) is 0 Å². The Morgan fingerprint density at radius 3 is 2.74 bits per heavy atom. The van der Waals surface area contributed by atoms with E-state index in [2.05, 4.69) is 25.7 Å². The molecule has 0 atom stereocenters. The number of amides is 2. The Hall–Kier alpha value is -5.31. The number of aryl methyl sites for hydroxylation is 2. The standard InChI is InChI=1S/C27H31N9O6/c1-4-35-21(14-17(2)33-35)26(38)32-27-31-19-8-7-10-30-25(19)34(27)11-6-5-9-29-23-20(36(39)40)15-18(24(28)37)16-22(23)42-13-12-41-3/h5-8,10,14-16,29H,4,9,11-13H2,1-3H3,(H2,28,37)(H,31,32,38)/b6-5+. The van der Waals surface area contributed by atoms with Gasteiger partial charge in [0.25, 0.3) is 11.6 Å². The van der Waals surface area contributed by atoms with Crippen molar-refractivity contribution in [3.63, 3.8) is 0 Å². The summed E-state index contributed by atoms with van der Waals surface area (Å²) in [6, 6.07) is 7.70. The fraction of sp³-hybridized carbons (Fsp3) is 0.296. The maximum absolute atomic E-state index is 13.1. The normalized spacial score (nSPS) is 11.2. The first-order valence-corrected chi connectivity index (χ1v) is 13.0. The van der Waals surface area contributed by atoms with Crippen molar-refractivity contribution in [2.24, 2.45) is 5.73 Å². The average Bonchev–Trinajstić information content (AvgIpc) is 3.52. The van der Waals surface area contributed by atoms with Crippen molar-refractivity contribution in [1.82, 2.24) is 24.3 Å². The van der Waals surface area contributed by atoms with Crippen LogP contribution in [0.15, 0.2) is 48.7 Å². The van der Waals surface area contributed by atoms with Crippen LogP contribution in [0.2, 0.25) is 0 Å². The number of nitrogens with zero attached hydrogens (tertiary/aromatic N) is 6. The van der Waals surface area contributed by atoms with Gasteiger partial charge in [0, 0.05) is 44.6 Å². The van der Waals surface area contributed by atoms with Crippen LogP contribution < -0.4 is 21.1 Å². The highest BCUT2D eigenvalue weighted by molar-refractivity contribution is 6.03. The van der Waals surface area contributed by atoms with Gasteiger partial charge in [-0.2, -0.15) is 5.10 Å². The highest BCUT2D eigenvalue weighted by Gasteiger charge is 2.23. The second-order valence-corrected chi connectivity index (χ2v) is 9.02. The van der Waals surface area contributed by atoms with Gasteiger partial charge in [0.1, 0.15) is 23.6 Å². The largest absolute Gasteiger partial charge is 0.489 e. The van der Waals surface area contributed by atoms with Crippen molar-refractivity contribution in [3.8, 4) is 5.75 Å². The lowest BCUT2D eigenvalue weighted by Gasteiger charge is -2.14. The Labute approximate surface area is 240 Å². The van der Waals surface area contributed by atoms with Crippen LogP contribution in [0.4, 0.5) is 17.3 Å². The molecule has 0 saturated carbocycles. The summed E-state index contributed by atoms with van der Waals surface area (Å²) in [5.74, 6) is -0.772. The molecular weight excluding hydrogens is 546 g/mol. The summed E-state index contributed by atoms with van der Waals surface area (Å²) < 4.78 is 14.0. The predicted octanol–water partition coefficient (Wildman–Crippen LogP) is 2.91. The smallest absolute Gasteiger partial charge is 0.296 e. The number of nitrogens with two attached hydrogens (primary N) is 1. The van der Waals surface area contributed by atoms with E-state index in [0.29, 0.717) is 29.4 Å². The molecule has 3 aromatic heterocycles. The van der Waals surface area contributed by atoms with Crippen LogP contribution in [-0.4, -0.2) is 67.9 Å². The van der Waals surface area contributed by atoms with Crippen LogP contribution in [0.5, 0.6) is 5.75 Å². The number of ether oxygens (including phenoxy) is 2. The number of aromatic nitrogens is 5. The molecular formula is C27H31N9O6. The number of anilines is 2. The number of imidazole rings is 1. The third kappa shape index (κ3) is 6.69. The number of nitro benzene ring substituents is 1. The minimum Gasteiger partial charge on any atom is -0.489 e. The molecule has 15 nitrogen and oxygen atoms in total. The lowest BCUT2D eigenvalue weighted by molar-refractivity contribution is -0.384. The number of hydrogen-bond donors (Lipinski definition) is 3. The second kappa shape index (κ2) is 13.4. The minimum atomic E-state index is -0.820. The Balaban J connectivity index is 1.54. The van der Waals surface area contributed by atoms with Crippen LogP contribution in [0.25, 0.3) is 11.2 Å². The molecule has 1 aromatic carbocycles. The molecule has 0 unspecified atom stereocenters. The fourth-order valence-electron chi connectivity index (χ4n) is 4.20. The lowest BCUT2D eigenvalue weighted by Crippen LogP contribution is -2.20. The molecule has 0 spiro atoms. The van der Waals surface area contributed by atoms with Crippen LogP contribution in [0.3, 0.4) is 0 Å². The number of benzene rings is 1. The molecule has 3 heterocycles. The number of pyridine rings is 1. The third-order valence-corrected chi connectivity index (χ3v) is 6.12. The Bertz CT molecular complexity index is 1640. The summed E-state index contributed by atoms with van der Waals surface area (Å²) in [5, 5.41) is 22.0. The van der Waals surface area contributed by atoms with Gasteiger partial charge in [0.2, 0.25) is 11.9 Å². The molecule has 4 N–H and O–H groups in total. The maximum Gasteiger partial charge on any atom is 0.296 e. The van der Waals surface area contributed by atoms with Gasteiger partial charge < -0.3 is 20.5 Å². The summed E-state index contributed by atoms with van der Waals surface area (Å²) in [6.45, 7) is 5.05. The van der Waals surface area contributed by atoms with Crippen molar-refractivity contribution < 1.29 is 24.0 Å². The summed E-state index contributed by atoms with van der Waals surface area (Å²) in [4.78, 5) is 44.9. The molecule has 0 aliphatic heterocycles. The molecule has 0 radical (unpaired) electrons. The summed E-state index contributed by atoms with van der Waals surface area (Å²) in [7, 11) is 1.49. The van der Waals surface area contributed by atoms with E-state index in [1.54, 1.807) is 45.8 Å². The number of nitrogens with one attached hydrogen (secondary N) is 2. The van der Waals surface area contributed by atoms with Gasteiger partial charge in [0.05, 0.1) is 17.2 Å². The zero-order valence-corrected chi connectivity index (χ0v) is 23.4. The summed E-state index contributed by atoms with van der Waals surface area (Å²) in [5.41, 5.74) is 7.34. The monoisotopic (exact) mass is 577 g/mol. The van der Waals surface area contributed by atoms with Gasteiger partial charge >= 0.3 is 0 Å². The van der Waals surface area contributed by atoms with Crippen molar-refractivity contribution in [2.75, 3.05) is 37.5 Å². The van der Waals surface area contributed by atoms with Crippen molar-refractivity contribution in [1.29, 1.82) is 0 Å². The number of rotatable bonds is 14. The maximum atomic E-state index is 13.1. The van der Waals surface area contributed by atoms with Gasteiger partial charge in [-0.1, -0.05) is 12.2 Å². The number of carbonyl (C=O) groups excluding carboxylic acids is 2. The molecule has 42 heavy (non-hydrogen) atoms. The predicted molar refractivity (Wildman–Crippen MR) is 155 cm³/mol. The SMILES string of the molecule is CCn1nc(C)cc1C(=O)Nc1nc2cccnc2n1C/C=C/CNc1c(OCCOC)cc(C(N)=O)cc1[N+](=O)[O-]. The van der Waals surface area contributed by atoms with Gasteiger partial charge in [0.15, 0.2) is 11.3 Å².